The van der Waals surface area contributed by atoms with Crippen LogP contribution in [0.4, 0.5) is 13.2 Å². The summed E-state index contributed by atoms with van der Waals surface area (Å²) in [4.78, 5) is -0.714. The van der Waals surface area contributed by atoms with Crippen LogP contribution >= 0.6 is 11.6 Å². The van der Waals surface area contributed by atoms with Crippen LogP contribution in [-0.2, 0) is 20.9 Å². The first kappa shape index (κ1) is 18.2. The first-order valence-corrected chi connectivity index (χ1v) is 7.46. The molecule has 0 aromatic heterocycles. The number of aliphatic hydroxyl groups excluding tert-OH is 1. The highest BCUT2D eigenvalue weighted by atomic mass is 35.5. The number of hydrogen-bond donors (Lipinski definition) is 2. The summed E-state index contributed by atoms with van der Waals surface area (Å²) in [5.74, 6) is 0. The molecule has 21 heavy (non-hydrogen) atoms. The molecule has 1 rings (SSSR count). The van der Waals surface area contributed by atoms with Crippen LogP contribution < -0.4 is 4.72 Å². The minimum Gasteiger partial charge on any atom is -0.395 e. The quantitative estimate of drug-likeness (QED) is 0.820. The van der Waals surface area contributed by atoms with Gasteiger partial charge in [0.15, 0.2) is 0 Å². The number of sulfonamides is 1. The Kier molecular flexibility index (Phi) is 6.00. The monoisotopic (exact) mass is 347 g/mol. The maximum Gasteiger partial charge on any atom is 0.416 e. The number of methoxy groups -OCH3 is 1. The predicted molar refractivity (Wildman–Crippen MR) is 69.5 cm³/mol. The standard InChI is InChI=1S/C11H13ClF3NO4S/c1-20-6-8(5-17)16-21(18,19)10-4-7(11(13,14)15)2-3-9(10)12/h2-4,8,16-17H,5-6H2,1H3. The average molecular weight is 348 g/mol. The van der Waals surface area contributed by atoms with Crippen LogP contribution in [0.1, 0.15) is 5.56 Å². The van der Waals surface area contributed by atoms with Gasteiger partial charge >= 0.3 is 6.18 Å². The number of ether oxygens (including phenoxy) is 1. The van der Waals surface area contributed by atoms with Crippen LogP contribution in [-0.4, -0.2) is 39.9 Å². The fraction of sp³-hybridized carbons (Fsp3) is 0.455. The molecule has 0 aliphatic heterocycles. The maximum absolute atomic E-state index is 12.6. The van der Waals surface area contributed by atoms with Gasteiger partial charge in [0.1, 0.15) is 4.90 Å². The first-order valence-electron chi connectivity index (χ1n) is 5.60. The van der Waals surface area contributed by atoms with Crippen LogP contribution in [0.3, 0.4) is 0 Å². The Bertz CT molecular complexity index is 592. The second-order valence-corrected chi connectivity index (χ2v) is 6.19. The van der Waals surface area contributed by atoms with Crippen molar-refractivity contribution in [3.05, 3.63) is 28.8 Å². The number of halogens is 4. The predicted octanol–water partition coefficient (Wildman–Crippen LogP) is 1.64. The highest BCUT2D eigenvalue weighted by molar-refractivity contribution is 7.89. The van der Waals surface area contributed by atoms with Gasteiger partial charge in [-0.3, -0.25) is 0 Å². The Hall–Kier alpha value is -0.870. The lowest BCUT2D eigenvalue weighted by molar-refractivity contribution is -0.137. The van der Waals surface area contributed by atoms with Gasteiger partial charge in [-0.15, -0.1) is 0 Å². The van der Waals surface area contributed by atoms with Gasteiger partial charge in [-0.05, 0) is 18.2 Å². The lowest BCUT2D eigenvalue weighted by Gasteiger charge is -2.17. The Balaban J connectivity index is 3.19. The summed E-state index contributed by atoms with van der Waals surface area (Å²) in [6, 6.07) is 0.973. The summed E-state index contributed by atoms with van der Waals surface area (Å²) in [6.07, 6.45) is -4.70. The molecule has 0 fully saturated rings. The fourth-order valence-electron chi connectivity index (χ4n) is 1.49. The molecule has 0 aliphatic carbocycles. The zero-order valence-electron chi connectivity index (χ0n) is 10.8. The summed E-state index contributed by atoms with van der Waals surface area (Å²) in [7, 11) is -3.04. The maximum atomic E-state index is 12.6. The molecule has 1 unspecified atom stereocenters. The lowest BCUT2D eigenvalue weighted by Crippen LogP contribution is -2.40. The molecular formula is C11H13ClF3NO4S. The summed E-state index contributed by atoms with van der Waals surface area (Å²) >= 11 is 5.65. The fourth-order valence-corrected chi connectivity index (χ4v) is 3.23. The van der Waals surface area contributed by atoms with E-state index < -0.39 is 39.3 Å². The number of benzene rings is 1. The number of nitrogens with one attached hydrogen (secondary N) is 1. The Labute approximate surface area is 124 Å². The van der Waals surface area contributed by atoms with Crippen molar-refractivity contribution in [1.29, 1.82) is 0 Å². The SMILES string of the molecule is COCC(CO)NS(=O)(=O)c1cc(C(F)(F)F)ccc1Cl. The molecule has 0 spiro atoms. The molecule has 1 aromatic rings. The van der Waals surface area contributed by atoms with Gasteiger partial charge in [0, 0.05) is 7.11 Å². The second kappa shape index (κ2) is 6.93. The van der Waals surface area contributed by atoms with Crippen LogP contribution in [0.2, 0.25) is 5.02 Å². The molecule has 0 bridgehead atoms. The molecule has 2 N–H and O–H groups in total. The average Bonchev–Trinajstić information content (AvgIpc) is 2.36. The van der Waals surface area contributed by atoms with E-state index in [1.54, 1.807) is 0 Å². The number of rotatable bonds is 6. The molecule has 10 heteroatoms. The van der Waals surface area contributed by atoms with Crippen molar-refractivity contribution in [2.45, 2.75) is 17.1 Å². The van der Waals surface area contributed by atoms with Crippen molar-refractivity contribution in [3.8, 4) is 0 Å². The van der Waals surface area contributed by atoms with E-state index in [0.29, 0.717) is 12.1 Å². The lowest BCUT2D eigenvalue weighted by atomic mass is 10.2. The zero-order valence-corrected chi connectivity index (χ0v) is 12.4. The third-order valence-electron chi connectivity index (χ3n) is 2.46. The Morgan fingerprint density at radius 3 is 2.52 bits per heavy atom. The molecule has 0 heterocycles. The number of aliphatic hydroxyl groups is 1. The van der Waals surface area contributed by atoms with Crippen LogP contribution in [0.5, 0.6) is 0 Å². The molecule has 1 atom stereocenters. The topological polar surface area (TPSA) is 75.6 Å². The third kappa shape index (κ3) is 4.82. The smallest absolute Gasteiger partial charge is 0.395 e. The van der Waals surface area contributed by atoms with E-state index in [4.69, 9.17) is 16.7 Å². The van der Waals surface area contributed by atoms with E-state index in [1.165, 1.54) is 7.11 Å². The molecule has 0 saturated heterocycles. The number of alkyl halides is 3. The summed E-state index contributed by atoms with van der Waals surface area (Å²) in [6.45, 7) is -0.726. The second-order valence-electron chi connectivity index (χ2n) is 4.10. The van der Waals surface area contributed by atoms with Crippen molar-refractivity contribution in [2.24, 2.45) is 0 Å². The van der Waals surface area contributed by atoms with E-state index in [2.05, 4.69) is 4.74 Å². The minimum atomic E-state index is -4.70. The summed E-state index contributed by atoms with van der Waals surface area (Å²) in [5, 5.41) is 8.64. The highest BCUT2D eigenvalue weighted by Gasteiger charge is 2.33. The molecule has 0 saturated carbocycles. The molecule has 0 amide bonds. The van der Waals surface area contributed by atoms with E-state index in [0.717, 1.165) is 6.07 Å². The number of hydrogen-bond acceptors (Lipinski definition) is 4. The van der Waals surface area contributed by atoms with E-state index in [-0.39, 0.29) is 11.6 Å². The van der Waals surface area contributed by atoms with Gasteiger partial charge in [-0.2, -0.15) is 13.2 Å². The van der Waals surface area contributed by atoms with Gasteiger partial charge in [0.2, 0.25) is 10.0 Å². The van der Waals surface area contributed by atoms with Crippen LogP contribution in [0.15, 0.2) is 23.1 Å². The van der Waals surface area contributed by atoms with E-state index >= 15 is 0 Å². The minimum absolute atomic E-state index is 0.147. The normalized spacial score (nSPS) is 14.2. The largest absolute Gasteiger partial charge is 0.416 e. The van der Waals surface area contributed by atoms with Crippen molar-refractivity contribution >= 4 is 21.6 Å². The summed E-state index contributed by atoms with van der Waals surface area (Å²) in [5.41, 5.74) is -1.14. The molecule has 120 valence electrons. The van der Waals surface area contributed by atoms with E-state index in [9.17, 15) is 21.6 Å². The van der Waals surface area contributed by atoms with Gasteiger partial charge in [-0.25, -0.2) is 13.1 Å². The van der Waals surface area contributed by atoms with Gasteiger partial charge < -0.3 is 9.84 Å². The Morgan fingerprint density at radius 2 is 2.05 bits per heavy atom. The van der Waals surface area contributed by atoms with Gasteiger partial charge in [0.05, 0.1) is 29.8 Å². The van der Waals surface area contributed by atoms with Crippen molar-refractivity contribution in [3.63, 3.8) is 0 Å². The molecule has 0 radical (unpaired) electrons. The van der Waals surface area contributed by atoms with Crippen LogP contribution in [0.25, 0.3) is 0 Å². The van der Waals surface area contributed by atoms with Crippen LogP contribution in [0, 0.1) is 0 Å². The van der Waals surface area contributed by atoms with Crippen molar-refractivity contribution in [2.75, 3.05) is 20.3 Å². The molecule has 1 aromatic carbocycles. The van der Waals surface area contributed by atoms with Gasteiger partial charge in [-0.1, -0.05) is 11.6 Å². The van der Waals surface area contributed by atoms with Crippen molar-refractivity contribution < 1.29 is 31.4 Å². The first-order chi connectivity index (χ1) is 9.61. The molecule has 0 aliphatic rings. The summed E-state index contributed by atoms with van der Waals surface area (Å²) < 4.78 is 68.7. The molecule has 5 nitrogen and oxygen atoms in total. The highest BCUT2D eigenvalue weighted by Crippen LogP contribution is 2.33. The Morgan fingerprint density at radius 1 is 1.43 bits per heavy atom. The third-order valence-corrected chi connectivity index (χ3v) is 4.46. The molecular weight excluding hydrogens is 335 g/mol. The van der Waals surface area contributed by atoms with Crippen molar-refractivity contribution in [1.82, 2.24) is 4.72 Å². The van der Waals surface area contributed by atoms with E-state index in [1.807, 2.05) is 4.72 Å². The zero-order chi connectivity index (χ0) is 16.3. The van der Waals surface area contributed by atoms with Gasteiger partial charge in [0.25, 0.3) is 0 Å².